The lowest BCUT2D eigenvalue weighted by atomic mass is 10.1. The lowest BCUT2D eigenvalue weighted by Gasteiger charge is -2.14. The van der Waals surface area contributed by atoms with Gasteiger partial charge in [0.1, 0.15) is 16.6 Å². The van der Waals surface area contributed by atoms with Crippen molar-refractivity contribution in [1.29, 1.82) is 0 Å². The molecule has 0 aliphatic carbocycles. The minimum Gasteiger partial charge on any atom is -0.494 e. The minimum atomic E-state index is -0.154. The molecule has 2 aromatic rings. The summed E-state index contributed by atoms with van der Waals surface area (Å²) in [5.74, 6) is 1.64. The first kappa shape index (κ1) is 19.2. The van der Waals surface area contributed by atoms with Gasteiger partial charge in [0.15, 0.2) is 0 Å². The van der Waals surface area contributed by atoms with Crippen LogP contribution >= 0.6 is 11.8 Å². The SMILES string of the molecule is CCOc1cccc(CNC(=O)c2c(C)nc(C(C)C)nc2SC)c1. The van der Waals surface area contributed by atoms with Crippen LogP contribution < -0.4 is 10.1 Å². The largest absolute Gasteiger partial charge is 0.494 e. The van der Waals surface area contributed by atoms with Crippen LogP contribution in [0.25, 0.3) is 0 Å². The predicted molar refractivity (Wildman–Crippen MR) is 101 cm³/mol. The van der Waals surface area contributed by atoms with Crippen molar-refractivity contribution in [3.8, 4) is 5.75 Å². The molecule has 25 heavy (non-hydrogen) atoms. The van der Waals surface area contributed by atoms with Gasteiger partial charge in [-0.05, 0) is 37.8 Å². The Morgan fingerprint density at radius 2 is 2.08 bits per heavy atom. The van der Waals surface area contributed by atoms with E-state index in [4.69, 9.17) is 4.74 Å². The summed E-state index contributed by atoms with van der Waals surface area (Å²) >= 11 is 1.47. The van der Waals surface area contributed by atoms with Gasteiger partial charge in [-0.25, -0.2) is 9.97 Å². The smallest absolute Gasteiger partial charge is 0.256 e. The Hall–Kier alpha value is -2.08. The molecule has 0 unspecified atom stereocenters. The summed E-state index contributed by atoms with van der Waals surface area (Å²) in [7, 11) is 0. The van der Waals surface area contributed by atoms with Gasteiger partial charge in [-0.15, -0.1) is 11.8 Å². The van der Waals surface area contributed by atoms with Crippen molar-refractivity contribution >= 4 is 17.7 Å². The number of carbonyl (C=O) groups is 1. The van der Waals surface area contributed by atoms with Crippen molar-refractivity contribution in [2.75, 3.05) is 12.9 Å². The van der Waals surface area contributed by atoms with Crippen LogP contribution in [0.3, 0.4) is 0 Å². The number of aryl methyl sites for hydroxylation is 1. The number of thioether (sulfide) groups is 1. The average molecular weight is 359 g/mol. The second-order valence-electron chi connectivity index (χ2n) is 5.97. The molecule has 0 radical (unpaired) electrons. The molecule has 0 atom stereocenters. The quantitative estimate of drug-likeness (QED) is 0.599. The number of amides is 1. The van der Waals surface area contributed by atoms with Gasteiger partial charge in [0.25, 0.3) is 5.91 Å². The van der Waals surface area contributed by atoms with Gasteiger partial charge in [-0.3, -0.25) is 4.79 Å². The van der Waals surface area contributed by atoms with E-state index < -0.39 is 0 Å². The first-order valence-corrected chi connectivity index (χ1v) is 9.61. The molecule has 1 aromatic heterocycles. The van der Waals surface area contributed by atoms with Crippen LogP contribution in [-0.4, -0.2) is 28.7 Å². The van der Waals surface area contributed by atoms with E-state index in [1.807, 2.05) is 58.2 Å². The van der Waals surface area contributed by atoms with Gasteiger partial charge in [0.2, 0.25) is 0 Å². The normalized spacial score (nSPS) is 10.8. The summed E-state index contributed by atoms with van der Waals surface area (Å²) in [4.78, 5) is 21.7. The van der Waals surface area contributed by atoms with Crippen molar-refractivity contribution in [1.82, 2.24) is 15.3 Å². The Kier molecular flexibility index (Phi) is 6.82. The Balaban J connectivity index is 2.17. The highest BCUT2D eigenvalue weighted by Gasteiger charge is 2.19. The number of rotatable bonds is 7. The van der Waals surface area contributed by atoms with Gasteiger partial charge >= 0.3 is 0 Å². The van der Waals surface area contributed by atoms with Gasteiger partial charge in [-0.1, -0.05) is 26.0 Å². The molecule has 1 amide bonds. The fourth-order valence-electron chi connectivity index (χ4n) is 2.42. The second-order valence-corrected chi connectivity index (χ2v) is 6.76. The van der Waals surface area contributed by atoms with E-state index in [9.17, 15) is 4.79 Å². The van der Waals surface area contributed by atoms with E-state index in [1.165, 1.54) is 11.8 Å². The number of ether oxygens (including phenoxy) is 1. The molecular weight excluding hydrogens is 334 g/mol. The Morgan fingerprint density at radius 1 is 1.32 bits per heavy atom. The van der Waals surface area contributed by atoms with Crippen LogP contribution in [0, 0.1) is 6.92 Å². The van der Waals surface area contributed by atoms with E-state index in [1.54, 1.807) is 0 Å². The van der Waals surface area contributed by atoms with Crippen molar-refractivity contribution in [2.24, 2.45) is 0 Å². The zero-order valence-electron chi connectivity index (χ0n) is 15.4. The lowest BCUT2D eigenvalue weighted by molar-refractivity contribution is 0.0946. The third-order valence-electron chi connectivity index (χ3n) is 3.67. The molecule has 1 aromatic carbocycles. The van der Waals surface area contributed by atoms with E-state index in [-0.39, 0.29) is 11.8 Å². The fraction of sp³-hybridized carbons (Fsp3) is 0.421. The van der Waals surface area contributed by atoms with Crippen LogP contribution in [0.2, 0.25) is 0 Å². The third-order valence-corrected chi connectivity index (χ3v) is 4.36. The molecule has 5 nitrogen and oxygen atoms in total. The van der Waals surface area contributed by atoms with Crippen LogP contribution in [0.1, 0.15) is 54.1 Å². The number of nitrogens with zero attached hydrogens (tertiary/aromatic N) is 2. The highest BCUT2D eigenvalue weighted by Crippen LogP contribution is 2.23. The maximum Gasteiger partial charge on any atom is 0.256 e. The standard InChI is InChI=1S/C19H25N3O2S/c1-6-24-15-9-7-8-14(10-15)11-20-18(23)16-13(4)21-17(12(2)3)22-19(16)25-5/h7-10,12H,6,11H2,1-5H3,(H,20,23). The molecular formula is C19H25N3O2S. The number of hydrogen-bond acceptors (Lipinski definition) is 5. The van der Waals surface area contributed by atoms with Crippen molar-refractivity contribution in [2.45, 2.75) is 45.2 Å². The summed E-state index contributed by atoms with van der Waals surface area (Å²) in [6.45, 7) is 8.94. The second kappa shape index (κ2) is 8.85. The zero-order valence-corrected chi connectivity index (χ0v) is 16.2. The van der Waals surface area contributed by atoms with Crippen molar-refractivity contribution in [3.63, 3.8) is 0 Å². The van der Waals surface area contributed by atoms with E-state index >= 15 is 0 Å². The molecule has 1 heterocycles. The summed E-state index contributed by atoms with van der Waals surface area (Å²) in [6, 6.07) is 7.73. The highest BCUT2D eigenvalue weighted by atomic mass is 32.2. The number of carbonyl (C=O) groups excluding carboxylic acids is 1. The predicted octanol–water partition coefficient (Wildman–Crippen LogP) is 3.96. The Bertz CT molecular complexity index is 747. The van der Waals surface area contributed by atoms with E-state index in [0.717, 1.165) is 22.2 Å². The molecule has 0 saturated heterocycles. The number of aromatic nitrogens is 2. The summed E-state index contributed by atoms with van der Waals surface area (Å²) in [6.07, 6.45) is 1.92. The number of benzene rings is 1. The molecule has 6 heteroatoms. The first-order valence-electron chi connectivity index (χ1n) is 8.38. The molecule has 0 aliphatic heterocycles. The van der Waals surface area contributed by atoms with Gasteiger partial charge in [0.05, 0.1) is 17.9 Å². The monoisotopic (exact) mass is 359 g/mol. The molecule has 0 fully saturated rings. The van der Waals surface area contributed by atoms with Crippen LogP contribution in [0.5, 0.6) is 5.75 Å². The molecule has 134 valence electrons. The number of nitrogens with one attached hydrogen (secondary N) is 1. The van der Waals surface area contributed by atoms with Gasteiger partial charge in [0, 0.05) is 12.5 Å². The minimum absolute atomic E-state index is 0.154. The molecule has 0 aliphatic rings. The van der Waals surface area contributed by atoms with Gasteiger partial charge < -0.3 is 10.1 Å². The fourth-order valence-corrected chi connectivity index (χ4v) is 3.05. The molecule has 0 spiro atoms. The molecule has 1 N–H and O–H groups in total. The zero-order chi connectivity index (χ0) is 18.4. The Labute approximate surface area is 153 Å². The first-order chi connectivity index (χ1) is 12.0. The van der Waals surface area contributed by atoms with Gasteiger partial charge in [-0.2, -0.15) is 0 Å². The van der Waals surface area contributed by atoms with Crippen molar-refractivity contribution in [3.05, 3.63) is 46.9 Å². The van der Waals surface area contributed by atoms with Crippen LogP contribution in [0.4, 0.5) is 0 Å². The molecule has 2 rings (SSSR count). The Morgan fingerprint density at radius 3 is 2.72 bits per heavy atom. The molecule has 0 bridgehead atoms. The summed E-state index contributed by atoms with van der Waals surface area (Å²) in [5.41, 5.74) is 2.25. The van der Waals surface area contributed by atoms with E-state index in [0.29, 0.717) is 24.4 Å². The maximum absolute atomic E-state index is 12.7. The third kappa shape index (κ3) is 4.95. The topological polar surface area (TPSA) is 64.1 Å². The summed E-state index contributed by atoms with van der Waals surface area (Å²) in [5, 5.41) is 3.68. The van der Waals surface area contributed by atoms with Crippen molar-refractivity contribution < 1.29 is 9.53 Å². The highest BCUT2D eigenvalue weighted by molar-refractivity contribution is 7.98. The summed E-state index contributed by atoms with van der Waals surface area (Å²) < 4.78 is 5.49. The van der Waals surface area contributed by atoms with Crippen LogP contribution in [0.15, 0.2) is 29.3 Å². The molecule has 0 saturated carbocycles. The van der Waals surface area contributed by atoms with Crippen LogP contribution in [-0.2, 0) is 6.54 Å². The maximum atomic E-state index is 12.7. The van der Waals surface area contributed by atoms with E-state index in [2.05, 4.69) is 15.3 Å². The average Bonchev–Trinajstić information content (AvgIpc) is 2.59. The number of hydrogen-bond donors (Lipinski definition) is 1. The lowest BCUT2D eigenvalue weighted by Crippen LogP contribution is -2.25.